The largest absolute Gasteiger partial charge is 0.495 e. The Morgan fingerprint density at radius 1 is 1.14 bits per heavy atom. The molecule has 0 saturated carbocycles. The summed E-state index contributed by atoms with van der Waals surface area (Å²) in [6.07, 6.45) is 1.36. The first-order valence-corrected chi connectivity index (χ1v) is 7.88. The van der Waals surface area contributed by atoms with Gasteiger partial charge in [0, 0.05) is 17.0 Å². The van der Waals surface area contributed by atoms with Crippen LogP contribution in [0.4, 0.5) is 5.69 Å². The Morgan fingerprint density at radius 3 is 2.68 bits per heavy atom. The van der Waals surface area contributed by atoms with Crippen molar-refractivity contribution in [2.75, 3.05) is 11.8 Å². The third-order valence-corrected chi connectivity index (χ3v) is 4.57. The molecule has 0 unspecified atom stereocenters. The molecule has 0 spiro atoms. The molecule has 2 aromatic carbocycles. The molecule has 6 nitrogen and oxygen atoms in total. The highest BCUT2D eigenvalue weighted by Gasteiger charge is 2.19. The summed E-state index contributed by atoms with van der Waals surface area (Å²) in [7, 11) is -2.38. The Labute approximate surface area is 126 Å². The minimum Gasteiger partial charge on any atom is -0.495 e. The van der Waals surface area contributed by atoms with Crippen molar-refractivity contribution in [2.45, 2.75) is 4.90 Å². The second-order valence-corrected chi connectivity index (χ2v) is 6.28. The lowest BCUT2D eigenvalue weighted by atomic mass is 10.2. The number of amides is 1. The molecule has 1 N–H and O–H groups in total. The van der Waals surface area contributed by atoms with Crippen LogP contribution in [-0.2, 0) is 14.8 Å². The maximum absolute atomic E-state index is 12.5. The molecule has 2 aromatic rings. The van der Waals surface area contributed by atoms with E-state index < -0.39 is 10.0 Å². The molecule has 3 rings (SSSR count). The maximum atomic E-state index is 12.5. The van der Waals surface area contributed by atoms with Crippen molar-refractivity contribution in [3.05, 3.63) is 53.0 Å². The first kappa shape index (κ1) is 14.3. The van der Waals surface area contributed by atoms with Gasteiger partial charge in [-0.2, -0.15) is 0 Å². The first-order valence-electron chi connectivity index (χ1n) is 6.40. The van der Waals surface area contributed by atoms with Crippen molar-refractivity contribution in [3.8, 4) is 5.75 Å². The van der Waals surface area contributed by atoms with Crippen molar-refractivity contribution in [1.29, 1.82) is 0 Å². The van der Waals surface area contributed by atoms with E-state index in [9.17, 15) is 13.2 Å². The van der Waals surface area contributed by atoms with Crippen molar-refractivity contribution < 1.29 is 17.9 Å². The van der Waals surface area contributed by atoms with E-state index >= 15 is 0 Å². The molecule has 0 aliphatic carbocycles. The Balaban J connectivity index is 2.00. The number of benzene rings is 2. The zero-order valence-electron chi connectivity index (χ0n) is 11.6. The van der Waals surface area contributed by atoms with Crippen LogP contribution in [0.15, 0.2) is 52.4 Å². The molecule has 7 heteroatoms. The van der Waals surface area contributed by atoms with Gasteiger partial charge in [0.05, 0.1) is 12.5 Å². The first-order chi connectivity index (χ1) is 10.5. The van der Waals surface area contributed by atoms with E-state index in [1.165, 1.54) is 19.3 Å². The molecule has 0 saturated heterocycles. The molecular weight excluding hydrogens is 304 g/mol. The third kappa shape index (κ3) is 2.58. The molecule has 0 aromatic heterocycles. The molecule has 0 radical (unpaired) electrons. The monoisotopic (exact) mass is 316 g/mol. The fourth-order valence-corrected chi connectivity index (χ4v) is 3.39. The van der Waals surface area contributed by atoms with Crippen LogP contribution in [0.2, 0.25) is 0 Å². The second-order valence-electron chi connectivity index (χ2n) is 4.62. The minimum absolute atomic E-state index is 0.0442. The number of fused-ring (bicyclic) bond motifs is 1. The van der Waals surface area contributed by atoms with Gasteiger partial charge in [0.25, 0.3) is 15.9 Å². The van der Waals surface area contributed by atoms with Crippen LogP contribution in [0, 0.1) is 0 Å². The number of rotatable bonds is 4. The Hall–Kier alpha value is -2.67. The van der Waals surface area contributed by atoms with Crippen molar-refractivity contribution in [2.24, 2.45) is 4.99 Å². The van der Waals surface area contributed by atoms with Gasteiger partial charge in [-0.3, -0.25) is 9.52 Å². The van der Waals surface area contributed by atoms with Crippen LogP contribution in [0.1, 0.15) is 0 Å². The fourth-order valence-electron chi connectivity index (χ4n) is 2.17. The number of hydrogen-bond acceptors (Lipinski definition) is 4. The summed E-state index contributed by atoms with van der Waals surface area (Å²) < 4.78 is 32.5. The summed E-state index contributed by atoms with van der Waals surface area (Å²) in [5, 5.41) is 1.12. The lowest BCUT2D eigenvalue weighted by Gasteiger charge is -2.11. The van der Waals surface area contributed by atoms with Crippen LogP contribution in [0.5, 0.6) is 5.75 Å². The summed E-state index contributed by atoms with van der Waals surface area (Å²) in [5.41, 5.74) is 0.353. The van der Waals surface area contributed by atoms with E-state index in [1.807, 2.05) is 0 Å². The second kappa shape index (κ2) is 5.27. The van der Waals surface area contributed by atoms with Gasteiger partial charge in [0.15, 0.2) is 0 Å². The molecular formula is C15H12N2O4S. The van der Waals surface area contributed by atoms with Crippen LogP contribution < -0.4 is 20.0 Å². The minimum atomic E-state index is -3.79. The van der Waals surface area contributed by atoms with Crippen LogP contribution in [-0.4, -0.2) is 21.4 Å². The summed E-state index contributed by atoms with van der Waals surface area (Å²) in [6.45, 7) is 0. The lowest BCUT2D eigenvalue weighted by molar-refractivity contribution is -0.112. The van der Waals surface area contributed by atoms with E-state index in [-0.39, 0.29) is 16.6 Å². The van der Waals surface area contributed by atoms with Crippen LogP contribution >= 0.6 is 0 Å². The Morgan fingerprint density at radius 2 is 1.91 bits per heavy atom. The van der Waals surface area contributed by atoms with E-state index in [2.05, 4.69) is 9.71 Å². The number of carbonyl (C=O) groups is 1. The van der Waals surface area contributed by atoms with Gasteiger partial charge in [-0.25, -0.2) is 13.4 Å². The molecule has 22 heavy (non-hydrogen) atoms. The number of nitrogens with one attached hydrogen (secondary N) is 1. The number of para-hydroxylation sites is 1. The molecule has 0 atom stereocenters. The smallest absolute Gasteiger partial charge is 0.270 e. The number of hydrogen-bond donors (Lipinski definition) is 1. The Kier molecular flexibility index (Phi) is 3.42. The zero-order valence-corrected chi connectivity index (χ0v) is 12.4. The van der Waals surface area contributed by atoms with Crippen LogP contribution in [0.3, 0.4) is 0 Å². The number of carbonyl (C=O) groups excluding carboxylic acids is 1. The number of ether oxygens (including phenoxy) is 1. The van der Waals surface area contributed by atoms with E-state index in [0.717, 1.165) is 0 Å². The van der Waals surface area contributed by atoms with Gasteiger partial charge in [-0.05, 0) is 30.3 Å². The van der Waals surface area contributed by atoms with Gasteiger partial charge < -0.3 is 4.74 Å². The zero-order chi connectivity index (χ0) is 15.7. The highest BCUT2D eigenvalue weighted by molar-refractivity contribution is 7.92. The molecule has 0 fully saturated rings. The standard InChI is InChI=1S/C15H12N2O4S/c1-21-13-4-2-3-5-14(13)22(19,20)17-11-6-7-12-10(8-11)9-15(18)16-12/h2-9,17H,1H3. The molecule has 1 heterocycles. The average Bonchev–Trinajstić information content (AvgIpc) is 2.86. The van der Waals surface area contributed by atoms with Crippen molar-refractivity contribution >= 4 is 27.7 Å². The SMILES string of the molecule is COc1ccccc1S(=O)(=O)Nc1ccc2c(c1)=CC(=O)N=2. The molecule has 0 bridgehead atoms. The summed E-state index contributed by atoms with van der Waals surface area (Å²) in [5.74, 6) is -0.0902. The van der Waals surface area contributed by atoms with Gasteiger partial charge >= 0.3 is 0 Å². The predicted octanol–water partition coefficient (Wildman–Crippen LogP) is 0.436. The quantitative estimate of drug-likeness (QED) is 0.887. The van der Waals surface area contributed by atoms with Gasteiger partial charge in [0.2, 0.25) is 0 Å². The summed E-state index contributed by atoms with van der Waals surface area (Å²) in [4.78, 5) is 15.1. The van der Waals surface area contributed by atoms with Gasteiger partial charge in [0.1, 0.15) is 10.6 Å². The highest BCUT2D eigenvalue weighted by Crippen LogP contribution is 2.24. The fraction of sp³-hybridized carbons (Fsp3) is 0.0667. The number of anilines is 1. The lowest BCUT2D eigenvalue weighted by Crippen LogP contribution is -2.23. The predicted molar refractivity (Wildman–Crippen MR) is 80.5 cm³/mol. The number of methoxy groups -OCH3 is 1. The third-order valence-electron chi connectivity index (χ3n) is 3.15. The number of sulfonamides is 1. The normalized spacial score (nSPS) is 13.0. The topological polar surface area (TPSA) is 84.8 Å². The van der Waals surface area contributed by atoms with E-state index in [0.29, 0.717) is 16.3 Å². The summed E-state index contributed by atoms with van der Waals surface area (Å²) >= 11 is 0. The van der Waals surface area contributed by atoms with Crippen LogP contribution in [0.25, 0.3) is 6.08 Å². The molecule has 112 valence electrons. The van der Waals surface area contributed by atoms with E-state index in [4.69, 9.17) is 4.74 Å². The molecule has 1 aliphatic rings. The maximum Gasteiger partial charge on any atom is 0.270 e. The molecule has 1 amide bonds. The average molecular weight is 316 g/mol. The van der Waals surface area contributed by atoms with E-state index in [1.54, 1.807) is 36.4 Å². The van der Waals surface area contributed by atoms with Gasteiger partial charge in [-0.1, -0.05) is 12.1 Å². The van der Waals surface area contributed by atoms with Crippen molar-refractivity contribution in [1.82, 2.24) is 0 Å². The Bertz CT molecular complexity index is 981. The summed E-state index contributed by atoms with van der Waals surface area (Å²) in [6, 6.07) is 11.1. The van der Waals surface area contributed by atoms with Gasteiger partial charge in [-0.15, -0.1) is 0 Å². The highest BCUT2D eigenvalue weighted by atomic mass is 32.2. The molecule has 1 aliphatic heterocycles. The van der Waals surface area contributed by atoms with Crippen molar-refractivity contribution in [3.63, 3.8) is 0 Å². The number of nitrogens with zero attached hydrogens (tertiary/aromatic N) is 1.